The summed E-state index contributed by atoms with van der Waals surface area (Å²) in [6.45, 7) is 3.70. The van der Waals surface area contributed by atoms with Gasteiger partial charge in [-0.1, -0.05) is 13.8 Å². The van der Waals surface area contributed by atoms with Crippen molar-refractivity contribution in [2.24, 2.45) is 11.3 Å². The van der Waals surface area contributed by atoms with Crippen molar-refractivity contribution in [3.05, 3.63) is 0 Å². The molecule has 0 radical (unpaired) electrons. The first-order valence-corrected chi connectivity index (χ1v) is 4.58. The molecule has 0 aliphatic heterocycles. The van der Waals surface area contributed by atoms with Crippen LogP contribution in [0, 0.1) is 11.3 Å². The molecule has 0 aliphatic carbocycles. The highest BCUT2D eigenvalue weighted by Gasteiger charge is 2.20. The fraction of sp³-hybridized carbons (Fsp3) is 1.00. The van der Waals surface area contributed by atoms with E-state index in [2.05, 4.69) is 0 Å². The summed E-state index contributed by atoms with van der Waals surface area (Å²) in [6.07, 6.45) is -1.57. The third-order valence-corrected chi connectivity index (χ3v) is 1.91. The molecule has 0 spiro atoms. The molecule has 0 aromatic rings. The molecule has 4 N–H and O–H groups in total. The van der Waals surface area contributed by atoms with Gasteiger partial charge in [-0.2, -0.15) is 0 Å². The minimum absolute atomic E-state index is 0.00152. The fourth-order valence-corrected chi connectivity index (χ4v) is 0.765. The third kappa shape index (κ3) is 5.51. The van der Waals surface area contributed by atoms with E-state index in [-0.39, 0.29) is 25.2 Å². The van der Waals surface area contributed by atoms with E-state index in [0.717, 1.165) is 0 Å². The number of hydrogen-bond acceptors (Lipinski definition) is 5. The van der Waals surface area contributed by atoms with Crippen LogP contribution in [-0.4, -0.2) is 53.1 Å². The van der Waals surface area contributed by atoms with Crippen molar-refractivity contribution in [1.29, 1.82) is 0 Å². The summed E-state index contributed by atoms with van der Waals surface area (Å²) in [5.74, 6) is -0.690. The Labute approximate surface area is 83.9 Å². The molecule has 0 saturated heterocycles. The lowest BCUT2D eigenvalue weighted by atomic mass is 9.96. The summed E-state index contributed by atoms with van der Waals surface area (Å²) in [7, 11) is 0. The van der Waals surface area contributed by atoms with Crippen molar-refractivity contribution in [2.45, 2.75) is 20.1 Å². The number of aliphatic hydroxyl groups is 4. The predicted octanol–water partition coefficient (Wildman–Crippen LogP) is -1.06. The van der Waals surface area contributed by atoms with Gasteiger partial charge in [0, 0.05) is 5.41 Å². The van der Waals surface area contributed by atoms with Gasteiger partial charge in [-0.05, 0) is 0 Å². The molecule has 5 heteroatoms. The minimum atomic E-state index is -1.57. The highest BCUT2D eigenvalue weighted by atomic mass is 16.5. The van der Waals surface area contributed by atoms with Crippen molar-refractivity contribution in [1.82, 2.24) is 0 Å². The Balaban J connectivity index is 3.71. The number of rotatable bonds is 7. The predicted molar refractivity (Wildman–Crippen MR) is 50.5 cm³/mol. The Morgan fingerprint density at radius 3 is 2.14 bits per heavy atom. The molecule has 0 saturated carbocycles. The maximum Gasteiger partial charge on any atom is 0.158 e. The van der Waals surface area contributed by atoms with E-state index in [0.29, 0.717) is 6.61 Å². The standard InChI is InChI=1S/C9H20O5/c1-9(2,5-11)6-14-4-7(3-10)8(12)13/h7-8,10-13H,3-6H2,1-2H3. The zero-order valence-corrected chi connectivity index (χ0v) is 8.68. The molecule has 0 amide bonds. The Morgan fingerprint density at radius 1 is 1.21 bits per heavy atom. The summed E-state index contributed by atoms with van der Waals surface area (Å²) >= 11 is 0. The lowest BCUT2D eigenvalue weighted by Gasteiger charge is -2.23. The molecular formula is C9H20O5. The van der Waals surface area contributed by atoms with Gasteiger partial charge >= 0.3 is 0 Å². The average molecular weight is 208 g/mol. The quantitative estimate of drug-likeness (QED) is 0.400. The molecule has 86 valence electrons. The van der Waals surface area contributed by atoms with Crippen LogP contribution in [0.2, 0.25) is 0 Å². The van der Waals surface area contributed by atoms with E-state index in [9.17, 15) is 0 Å². The van der Waals surface area contributed by atoms with E-state index in [1.165, 1.54) is 0 Å². The lowest BCUT2D eigenvalue weighted by Crippen LogP contribution is -2.31. The molecule has 0 rings (SSSR count). The van der Waals surface area contributed by atoms with E-state index in [1.807, 2.05) is 13.8 Å². The second-order valence-electron chi connectivity index (χ2n) is 4.19. The highest BCUT2D eigenvalue weighted by Crippen LogP contribution is 2.14. The fourth-order valence-electron chi connectivity index (χ4n) is 0.765. The van der Waals surface area contributed by atoms with Crippen LogP contribution in [0.1, 0.15) is 13.8 Å². The molecule has 0 aliphatic rings. The SMILES string of the molecule is CC(C)(CO)COCC(CO)C(O)O. The maximum atomic E-state index is 8.90. The van der Waals surface area contributed by atoms with Crippen LogP contribution in [0.4, 0.5) is 0 Å². The van der Waals surface area contributed by atoms with Gasteiger partial charge < -0.3 is 25.2 Å². The zero-order valence-electron chi connectivity index (χ0n) is 8.68. The summed E-state index contributed by atoms with van der Waals surface area (Å²) in [4.78, 5) is 0. The van der Waals surface area contributed by atoms with E-state index >= 15 is 0 Å². The molecule has 5 nitrogen and oxygen atoms in total. The van der Waals surface area contributed by atoms with Crippen LogP contribution in [0.3, 0.4) is 0 Å². The molecule has 14 heavy (non-hydrogen) atoms. The highest BCUT2D eigenvalue weighted by molar-refractivity contribution is 4.66. The van der Waals surface area contributed by atoms with Crippen molar-refractivity contribution in [2.75, 3.05) is 26.4 Å². The molecule has 0 fully saturated rings. The summed E-state index contributed by atoms with van der Waals surface area (Å²) in [6, 6.07) is 0. The van der Waals surface area contributed by atoms with Gasteiger partial charge in [0.15, 0.2) is 6.29 Å². The molecule has 0 heterocycles. The first-order chi connectivity index (χ1) is 6.43. The third-order valence-electron chi connectivity index (χ3n) is 1.91. The van der Waals surface area contributed by atoms with E-state index < -0.39 is 12.2 Å². The van der Waals surface area contributed by atoms with Gasteiger partial charge in [-0.15, -0.1) is 0 Å². The van der Waals surface area contributed by atoms with Crippen LogP contribution in [0.5, 0.6) is 0 Å². The zero-order chi connectivity index (χ0) is 11.2. The second-order valence-corrected chi connectivity index (χ2v) is 4.19. The Morgan fingerprint density at radius 2 is 1.79 bits per heavy atom. The number of ether oxygens (including phenoxy) is 1. The average Bonchev–Trinajstić information content (AvgIpc) is 2.12. The van der Waals surface area contributed by atoms with Crippen molar-refractivity contribution >= 4 is 0 Å². The number of hydrogen-bond donors (Lipinski definition) is 4. The normalized spacial score (nSPS) is 14.8. The second kappa shape index (κ2) is 6.31. The molecule has 1 unspecified atom stereocenters. The van der Waals surface area contributed by atoms with Crippen molar-refractivity contribution < 1.29 is 25.2 Å². The van der Waals surface area contributed by atoms with Crippen molar-refractivity contribution in [3.8, 4) is 0 Å². The van der Waals surface area contributed by atoms with Crippen LogP contribution in [-0.2, 0) is 4.74 Å². The van der Waals surface area contributed by atoms with Gasteiger partial charge in [-0.25, -0.2) is 0 Å². The summed E-state index contributed by atoms with van der Waals surface area (Å²) in [5.41, 5.74) is -0.347. The Bertz CT molecular complexity index is 146. The van der Waals surface area contributed by atoms with E-state index in [4.69, 9.17) is 25.2 Å². The molecule has 0 aromatic carbocycles. The van der Waals surface area contributed by atoms with Gasteiger partial charge in [0.1, 0.15) is 0 Å². The number of aliphatic hydroxyl groups excluding tert-OH is 3. The van der Waals surface area contributed by atoms with Gasteiger partial charge in [-0.3, -0.25) is 0 Å². The molecule has 0 aromatic heterocycles. The van der Waals surface area contributed by atoms with Crippen molar-refractivity contribution in [3.63, 3.8) is 0 Å². The van der Waals surface area contributed by atoms with Crippen LogP contribution in [0.15, 0.2) is 0 Å². The minimum Gasteiger partial charge on any atom is -0.396 e. The topological polar surface area (TPSA) is 90.2 Å². The van der Waals surface area contributed by atoms with Gasteiger partial charge in [0.2, 0.25) is 0 Å². The smallest absolute Gasteiger partial charge is 0.158 e. The van der Waals surface area contributed by atoms with Gasteiger partial charge in [0.25, 0.3) is 0 Å². The first kappa shape index (κ1) is 13.8. The summed E-state index contributed by atoms with van der Waals surface area (Å²) in [5, 5.41) is 35.2. The van der Waals surface area contributed by atoms with Gasteiger partial charge in [0.05, 0.1) is 32.3 Å². The maximum absolute atomic E-state index is 8.90. The molecule has 1 atom stereocenters. The lowest BCUT2D eigenvalue weighted by molar-refractivity contribution is -0.123. The van der Waals surface area contributed by atoms with Crippen LogP contribution >= 0.6 is 0 Å². The van der Waals surface area contributed by atoms with Crippen LogP contribution in [0.25, 0.3) is 0 Å². The molecular weight excluding hydrogens is 188 g/mol. The van der Waals surface area contributed by atoms with Crippen LogP contribution < -0.4 is 0 Å². The largest absolute Gasteiger partial charge is 0.396 e. The Kier molecular flexibility index (Phi) is 6.22. The first-order valence-electron chi connectivity index (χ1n) is 4.58. The van der Waals surface area contributed by atoms with E-state index in [1.54, 1.807) is 0 Å². The summed E-state index contributed by atoms with van der Waals surface area (Å²) < 4.78 is 5.16. The monoisotopic (exact) mass is 208 g/mol. The molecule has 0 bridgehead atoms. The Hall–Kier alpha value is -0.200.